The second kappa shape index (κ2) is 10.0. The molecule has 4 nitrogen and oxygen atoms in total. The van der Waals surface area contributed by atoms with E-state index in [0.717, 1.165) is 0 Å². The van der Waals surface area contributed by atoms with Gasteiger partial charge in [-0.05, 0) is 72.8 Å². The van der Waals surface area contributed by atoms with E-state index in [4.69, 9.17) is 9.47 Å². The smallest absolute Gasteiger partial charge is 0.357 e. The van der Waals surface area contributed by atoms with Crippen LogP contribution in [-0.4, -0.2) is 11.9 Å². The van der Waals surface area contributed by atoms with Crippen molar-refractivity contribution in [2.45, 2.75) is 0 Å². The summed E-state index contributed by atoms with van der Waals surface area (Å²) < 4.78 is 13.2. The summed E-state index contributed by atoms with van der Waals surface area (Å²) in [6.07, 6.45) is 0. The van der Waals surface area contributed by atoms with Gasteiger partial charge in [-0.2, -0.15) is 0 Å². The highest BCUT2D eigenvalue weighted by molar-refractivity contribution is 5.91. The van der Waals surface area contributed by atoms with Gasteiger partial charge in [0.15, 0.2) is 7.14 Å². The molecule has 0 saturated heterocycles. The van der Waals surface area contributed by atoms with Crippen LogP contribution in [0.15, 0.2) is 109 Å². The summed E-state index contributed by atoms with van der Waals surface area (Å²) in [5.41, 5.74) is 1.04. The highest BCUT2D eigenvalue weighted by atomic mass is 127. The predicted octanol–water partition coefficient (Wildman–Crippen LogP) is 2.25. The van der Waals surface area contributed by atoms with Crippen molar-refractivity contribution in [3.05, 3.63) is 127 Å². The van der Waals surface area contributed by atoms with Crippen LogP contribution in [0.1, 0.15) is 20.7 Å². The summed E-state index contributed by atoms with van der Waals surface area (Å²) in [5, 5.41) is 0. The van der Waals surface area contributed by atoms with Gasteiger partial charge in [-0.25, -0.2) is 9.59 Å². The Kier molecular flexibility index (Phi) is 6.74. The molecule has 0 amide bonds. The molecule has 0 radical (unpaired) electrons. The molecule has 0 bridgehead atoms. The zero-order valence-corrected chi connectivity index (χ0v) is 18.6. The molecule has 0 aliphatic heterocycles. The van der Waals surface area contributed by atoms with Crippen molar-refractivity contribution in [1.82, 2.24) is 0 Å². The number of halogens is 1. The zero-order chi connectivity index (χ0) is 21.5. The first kappa shape index (κ1) is 20.8. The first-order chi connectivity index (χ1) is 15.2. The molecule has 0 heterocycles. The second-order valence-electron chi connectivity index (χ2n) is 6.51. The average molecular weight is 521 g/mol. The topological polar surface area (TPSA) is 52.6 Å². The lowest BCUT2D eigenvalue weighted by molar-refractivity contribution is -0.597. The van der Waals surface area contributed by atoms with Crippen LogP contribution >= 0.6 is 0 Å². The fraction of sp³-hybridized carbons (Fsp3) is 0. The van der Waals surface area contributed by atoms with Crippen LogP contribution in [0.25, 0.3) is 0 Å². The van der Waals surface area contributed by atoms with E-state index in [1.807, 2.05) is 60.7 Å². The van der Waals surface area contributed by atoms with E-state index in [0.29, 0.717) is 22.6 Å². The van der Waals surface area contributed by atoms with Gasteiger partial charge < -0.3 is 9.47 Å². The van der Waals surface area contributed by atoms with E-state index in [1.54, 1.807) is 48.5 Å². The van der Waals surface area contributed by atoms with E-state index < -0.39 is 21.2 Å². The Labute approximate surface area is 190 Å². The maximum absolute atomic E-state index is 12.1. The molecule has 0 atom stereocenters. The number of rotatable bonds is 6. The summed E-state index contributed by atoms with van der Waals surface area (Å²) >= 11 is -0.409. The lowest BCUT2D eigenvalue weighted by Crippen LogP contribution is -3.61. The van der Waals surface area contributed by atoms with Gasteiger partial charge in [0.25, 0.3) is 0 Å². The highest BCUT2D eigenvalue weighted by Gasteiger charge is 2.17. The van der Waals surface area contributed by atoms with E-state index in [-0.39, 0.29) is 11.9 Å². The van der Waals surface area contributed by atoms with Gasteiger partial charge in [0.1, 0.15) is 11.5 Å². The van der Waals surface area contributed by atoms with Gasteiger partial charge in [-0.15, -0.1) is 0 Å². The van der Waals surface area contributed by atoms with Gasteiger partial charge in [-0.1, -0.05) is 36.4 Å². The Hall–Kier alpha value is -3.45. The van der Waals surface area contributed by atoms with Crippen LogP contribution in [0.4, 0.5) is 0 Å². The third-order valence-corrected chi connectivity index (χ3v) is 6.97. The third kappa shape index (κ3) is 5.79. The molecule has 0 unspecified atom stereocenters. The summed E-state index contributed by atoms with van der Waals surface area (Å²) in [6, 6.07) is 33.0. The highest BCUT2D eigenvalue weighted by Crippen LogP contribution is 2.13. The van der Waals surface area contributed by atoms with Gasteiger partial charge in [0, 0.05) is 0 Å². The number of ether oxygens (including phenoxy) is 2. The van der Waals surface area contributed by atoms with Crippen molar-refractivity contribution in [1.29, 1.82) is 0 Å². The zero-order valence-electron chi connectivity index (χ0n) is 16.4. The largest absolute Gasteiger partial charge is 0.423 e. The lowest BCUT2D eigenvalue weighted by atomic mass is 10.2. The normalized spacial score (nSPS) is 10.3. The third-order valence-electron chi connectivity index (χ3n) is 4.29. The minimum absolute atomic E-state index is 0.372. The molecule has 0 aliphatic carbocycles. The Morgan fingerprint density at radius 3 is 1.19 bits per heavy atom. The van der Waals surface area contributed by atoms with Crippen LogP contribution in [0.5, 0.6) is 11.5 Å². The van der Waals surface area contributed by atoms with Crippen molar-refractivity contribution in [2.24, 2.45) is 0 Å². The maximum atomic E-state index is 12.1. The molecule has 0 aliphatic rings. The van der Waals surface area contributed by atoms with Gasteiger partial charge in [0.05, 0.1) is 11.1 Å². The Bertz CT molecular complexity index is 1060. The van der Waals surface area contributed by atoms with Crippen molar-refractivity contribution in [2.75, 3.05) is 0 Å². The van der Waals surface area contributed by atoms with Crippen LogP contribution in [0.2, 0.25) is 0 Å². The standard InChI is InChI=1S/C26H18IO4/c28-25(19-7-3-1-4-8-19)30-23-15-11-21(12-16-23)27-22-13-17-24(18-14-22)31-26(29)20-9-5-2-6-10-20/h1-18H/q+1. The van der Waals surface area contributed by atoms with Crippen LogP contribution in [-0.2, 0) is 0 Å². The van der Waals surface area contributed by atoms with Gasteiger partial charge >= 0.3 is 33.1 Å². The SMILES string of the molecule is O=C(Oc1ccc([I+]c2ccc(OC(=O)c3ccccc3)cc2)cc1)c1ccccc1. The first-order valence-electron chi connectivity index (χ1n) is 9.57. The second-order valence-corrected chi connectivity index (χ2v) is 9.54. The van der Waals surface area contributed by atoms with E-state index >= 15 is 0 Å². The van der Waals surface area contributed by atoms with E-state index in [9.17, 15) is 9.59 Å². The molecule has 0 fully saturated rings. The fourth-order valence-electron chi connectivity index (χ4n) is 2.74. The Morgan fingerprint density at radius 2 is 0.839 bits per heavy atom. The molecular formula is C26H18IO4+. The summed E-state index contributed by atoms with van der Waals surface area (Å²) in [7, 11) is 0. The number of carbonyl (C=O) groups excluding carboxylic acids is 2. The maximum Gasteiger partial charge on any atom is 0.357 e. The molecule has 0 aromatic heterocycles. The van der Waals surface area contributed by atoms with Crippen molar-refractivity contribution >= 4 is 11.9 Å². The minimum atomic E-state index is -0.409. The number of carbonyl (C=O) groups is 2. The average Bonchev–Trinajstić information content (AvgIpc) is 2.82. The summed E-state index contributed by atoms with van der Waals surface area (Å²) in [4.78, 5) is 24.3. The first-order valence-corrected chi connectivity index (χ1v) is 11.7. The Morgan fingerprint density at radius 1 is 0.484 bits per heavy atom. The molecule has 31 heavy (non-hydrogen) atoms. The summed E-state index contributed by atoms with van der Waals surface area (Å²) in [6.45, 7) is 0. The quantitative estimate of drug-likeness (QED) is 0.222. The lowest BCUT2D eigenvalue weighted by Gasteiger charge is -2.04. The molecule has 5 heteroatoms. The van der Waals surface area contributed by atoms with Crippen molar-refractivity contribution in [3.63, 3.8) is 0 Å². The van der Waals surface area contributed by atoms with Gasteiger partial charge in [-0.3, -0.25) is 0 Å². The Balaban J connectivity index is 1.34. The molecular weight excluding hydrogens is 503 g/mol. The monoisotopic (exact) mass is 521 g/mol. The van der Waals surface area contributed by atoms with Gasteiger partial charge in [0.2, 0.25) is 0 Å². The van der Waals surface area contributed by atoms with E-state index in [2.05, 4.69) is 0 Å². The molecule has 0 spiro atoms. The number of hydrogen-bond acceptors (Lipinski definition) is 4. The van der Waals surface area contributed by atoms with Crippen molar-refractivity contribution < 1.29 is 40.3 Å². The molecule has 4 aromatic rings. The predicted molar refractivity (Wildman–Crippen MR) is 113 cm³/mol. The number of hydrogen-bond donors (Lipinski definition) is 0. The van der Waals surface area contributed by atoms with E-state index in [1.165, 1.54) is 7.14 Å². The van der Waals surface area contributed by atoms with Crippen LogP contribution < -0.4 is 30.7 Å². The number of esters is 2. The van der Waals surface area contributed by atoms with Crippen LogP contribution in [0.3, 0.4) is 0 Å². The minimum Gasteiger partial charge on any atom is -0.423 e. The molecule has 0 saturated carbocycles. The molecule has 152 valence electrons. The molecule has 4 aromatic carbocycles. The fourth-order valence-corrected chi connectivity index (χ4v) is 4.90. The van der Waals surface area contributed by atoms with Crippen LogP contribution in [0, 0.1) is 7.14 Å². The van der Waals surface area contributed by atoms with Crippen molar-refractivity contribution in [3.8, 4) is 11.5 Å². The number of benzene rings is 4. The molecule has 4 rings (SSSR count). The molecule has 0 N–H and O–H groups in total. The summed E-state index contributed by atoms with van der Waals surface area (Å²) in [5.74, 6) is 0.293.